The van der Waals surface area contributed by atoms with E-state index in [0.717, 1.165) is 0 Å². The van der Waals surface area contributed by atoms with E-state index < -0.39 is 22.8 Å². The summed E-state index contributed by atoms with van der Waals surface area (Å²) in [7, 11) is 2.52. The Kier molecular flexibility index (Phi) is 6.73. The largest absolute Gasteiger partial charge is 0.490 e. The van der Waals surface area contributed by atoms with Crippen molar-refractivity contribution in [3.8, 4) is 5.75 Å². The van der Waals surface area contributed by atoms with Gasteiger partial charge in [0.25, 0.3) is 5.91 Å². The van der Waals surface area contributed by atoms with Crippen LogP contribution in [0, 0.1) is 10.1 Å². The molecule has 0 aliphatic heterocycles. The molecule has 1 N–H and O–H groups in total. The van der Waals surface area contributed by atoms with Crippen LogP contribution in [0.15, 0.2) is 42.5 Å². The van der Waals surface area contributed by atoms with Gasteiger partial charge in [-0.1, -0.05) is 17.7 Å². The van der Waals surface area contributed by atoms with Gasteiger partial charge in [0.05, 0.1) is 19.1 Å². The Balaban J connectivity index is 2.23. The topological polar surface area (TPSA) is 108 Å². The van der Waals surface area contributed by atoms with Crippen LogP contribution in [0.3, 0.4) is 0 Å². The third kappa shape index (κ3) is 5.18. The smallest absolute Gasteiger partial charge is 0.328 e. The molecule has 0 unspecified atom stereocenters. The third-order valence-electron chi connectivity index (χ3n) is 3.78. The molecule has 2 rings (SSSR count). The molecule has 0 spiro atoms. The minimum absolute atomic E-state index is 0.0108. The number of halogens is 1. The van der Waals surface area contributed by atoms with Gasteiger partial charge in [0, 0.05) is 23.1 Å². The lowest BCUT2D eigenvalue weighted by atomic mass is 10.0. The number of nitro benzene ring substituents is 1. The maximum atomic E-state index is 12.4. The van der Waals surface area contributed by atoms with Crippen molar-refractivity contribution in [3.63, 3.8) is 0 Å². The lowest BCUT2D eigenvalue weighted by molar-refractivity contribution is -0.385. The maximum Gasteiger partial charge on any atom is 0.328 e. The lowest BCUT2D eigenvalue weighted by Crippen LogP contribution is -2.43. The van der Waals surface area contributed by atoms with E-state index in [1.165, 1.54) is 38.5 Å². The van der Waals surface area contributed by atoms with Crippen molar-refractivity contribution in [2.24, 2.45) is 0 Å². The molecule has 0 saturated carbocycles. The molecule has 9 heteroatoms. The number of carbonyl (C=O) groups is 2. The number of hydrogen-bond donors (Lipinski definition) is 1. The molecule has 0 saturated heterocycles. The monoisotopic (exact) mass is 392 g/mol. The third-order valence-corrected chi connectivity index (χ3v) is 4.03. The zero-order chi connectivity index (χ0) is 20.0. The predicted octanol–water partition coefficient (Wildman–Crippen LogP) is 2.77. The molecule has 142 valence electrons. The summed E-state index contributed by atoms with van der Waals surface area (Å²) in [6.45, 7) is 0. The van der Waals surface area contributed by atoms with Gasteiger partial charge < -0.3 is 14.8 Å². The van der Waals surface area contributed by atoms with Crippen molar-refractivity contribution in [2.75, 3.05) is 14.2 Å². The highest BCUT2D eigenvalue weighted by atomic mass is 35.5. The number of methoxy groups -OCH3 is 2. The quantitative estimate of drug-likeness (QED) is 0.441. The van der Waals surface area contributed by atoms with Gasteiger partial charge in [-0.15, -0.1) is 0 Å². The summed E-state index contributed by atoms with van der Waals surface area (Å²) < 4.78 is 9.68. The molecule has 1 atom stereocenters. The summed E-state index contributed by atoms with van der Waals surface area (Å²) in [5.74, 6) is -1.07. The summed E-state index contributed by atoms with van der Waals surface area (Å²) in [5, 5.41) is 14.2. The SMILES string of the molecule is COC(=O)[C@H](Cc1ccc(OC)c([N+](=O)[O-])c1)NC(=O)c1ccc(Cl)cc1. The van der Waals surface area contributed by atoms with Gasteiger partial charge in [0.15, 0.2) is 5.75 Å². The van der Waals surface area contributed by atoms with Crippen molar-refractivity contribution in [1.82, 2.24) is 5.32 Å². The Morgan fingerprint density at radius 2 is 1.85 bits per heavy atom. The molecular weight excluding hydrogens is 376 g/mol. The normalized spacial score (nSPS) is 11.4. The fourth-order valence-corrected chi connectivity index (χ4v) is 2.55. The number of rotatable bonds is 7. The Bertz CT molecular complexity index is 853. The molecule has 0 heterocycles. The number of amides is 1. The van der Waals surface area contributed by atoms with Crippen LogP contribution in [-0.4, -0.2) is 37.1 Å². The maximum absolute atomic E-state index is 12.4. The van der Waals surface area contributed by atoms with Gasteiger partial charge in [-0.3, -0.25) is 14.9 Å². The molecule has 0 aliphatic rings. The van der Waals surface area contributed by atoms with Gasteiger partial charge in [0.2, 0.25) is 0 Å². The second kappa shape index (κ2) is 9.00. The zero-order valence-electron chi connectivity index (χ0n) is 14.6. The van der Waals surface area contributed by atoms with E-state index in [1.807, 2.05) is 0 Å². The molecule has 0 aliphatic carbocycles. The molecule has 0 radical (unpaired) electrons. The minimum atomic E-state index is -1.02. The number of nitro groups is 1. The van der Waals surface area contributed by atoms with Crippen LogP contribution in [0.5, 0.6) is 5.75 Å². The fraction of sp³-hybridized carbons (Fsp3) is 0.222. The predicted molar refractivity (Wildman–Crippen MR) is 98.1 cm³/mol. The van der Waals surface area contributed by atoms with Crippen molar-refractivity contribution in [2.45, 2.75) is 12.5 Å². The Morgan fingerprint density at radius 3 is 2.41 bits per heavy atom. The number of carbonyl (C=O) groups excluding carboxylic acids is 2. The van der Waals surface area contributed by atoms with Gasteiger partial charge in [-0.05, 0) is 35.9 Å². The van der Waals surface area contributed by atoms with Crippen molar-refractivity contribution in [3.05, 3.63) is 68.7 Å². The van der Waals surface area contributed by atoms with Crippen LogP contribution in [0.25, 0.3) is 0 Å². The highest BCUT2D eigenvalue weighted by Crippen LogP contribution is 2.28. The van der Waals surface area contributed by atoms with Crippen molar-refractivity contribution in [1.29, 1.82) is 0 Å². The molecular formula is C18H17ClN2O6. The van der Waals surface area contributed by atoms with Crippen LogP contribution in [0.1, 0.15) is 15.9 Å². The molecule has 1 amide bonds. The van der Waals surface area contributed by atoms with E-state index >= 15 is 0 Å². The number of ether oxygens (including phenoxy) is 2. The standard InChI is InChI=1S/C18H17ClN2O6/c1-26-16-8-3-11(10-15(16)21(24)25)9-14(18(23)27-2)20-17(22)12-4-6-13(19)7-5-12/h3-8,10,14H,9H2,1-2H3,(H,20,22)/t14-/m0/s1. The van der Waals surface area contributed by atoms with E-state index in [9.17, 15) is 19.7 Å². The molecule has 2 aromatic carbocycles. The van der Waals surface area contributed by atoms with Gasteiger partial charge in [-0.2, -0.15) is 0 Å². The van der Waals surface area contributed by atoms with E-state index in [1.54, 1.807) is 18.2 Å². The average Bonchev–Trinajstić information content (AvgIpc) is 2.67. The summed E-state index contributed by atoms with van der Waals surface area (Å²) >= 11 is 5.80. The van der Waals surface area contributed by atoms with Crippen molar-refractivity contribution >= 4 is 29.2 Å². The fourth-order valence-electron chi connectivity index (χ4n) is 2.42. The summed E-state index contributed by atoms with van der Waals surface area (Å²) in [4.78, 5) is 35.0. The van der Waals surface area contributed by atoms with Crippen LogP contribution >= 0.6 is 11.6 Å². The van der Waals surface area contributed by atoms with E-state index in [2.05, 4.69) is 5.32 Å². The second-order valence-corrected chi connectivity index (χ2v) is 5.96. The molecule has 27 heavy (non-hydrogen) atoms. The number of esters is 1. The lowest BCUT2D eigenvalue weighted by Gasteiger charge is -2.17. The minimum Gasteiger partial charge on any atom is -0.490 e. The molecule has 2 aromatic rings. The first-order valence-corrected chi connectivity index (χ1v) is 8.19. The Hall–Kier alpha value is -3.13. The van der Waals surface area contributed by atoms with Crippen LogP contribution in [0.4, 0.5) is 5.69 Å². The molecule has 0 fully saturated rings. The van der Waals surface area contributed by atoms with Crippen LogP contribution in [-0.2, 0) is 16.0 Å². The summed E-state index contributed by atoms with van der Waals surface area (Å²) in [5.41, 5.74) is 0.547. The van der Waals surface area contributed by atoms with E-state index in [0.29, 0.717) is 16.1 Å². The highest BCUT2D eigenvalue weighted by Gasteiger charge is 2.24. The number of nitrogens with zero attached hydrogens (tertiary/aromatic N) is 1. The van der Waals surface area contributed by atoms with Gasteiger partial charge >= 0.3 is 11.7 Å². The van der Waals surface area contributed by atoms with E-state index in [4.69, 9.17) is 21.1 Å². The van der Waals surface area contributed by atoms with E-state index in [-0.39, 0.29) is 17.9 Å². The first-order chi connectivity index (χ1) is 12.8. The first kappa shape index (κ1) is 20.2. The number of nitrogens with one attached hydrogen (secondary N) is 1. The van der Waals surface area contributed by atoms with Crippen LogP contribution in [0.2, 0.25) is 5.02 Å². The molecule has 0 bridgehead atoms. The summed E-state index contributed by atoms with van der Waals surface area (Å²) in [6, 6.07) is 9.43. The first-order valence-electron chi connectivity index (χ1n) is 7.81. The Morgan fingerprint density at radius 1 is 1.19 bits per heavy atom. The summed E-state index contributed by atoms with van der Waals surface area (Å²) in [6.07, 6.45) is 0.0108. The number of hydrogen-bond acceptors (Lipinski definition) is 6. The molecule has 8 nitrogen and oxygen atoms in total. The second-order valence-electron chi connectivity index (χ2n) is 5.52. The number of benzene rings is 2. The van der Waals surface area contributed by atoms with Gasteiger partial charge in [-0.25, -0.2) is 4.79 Å². The Labute approximate surface area is 160 Å². The average molecular weight is 393 g/mol. The van der Waals surface area contributed by atoms with Crippen LogP contribution < -0.4 is 10.1 Å². The highest BCUT2D eigenvalue weighted by molar-refractivity contribution is 6.30. The molecule has 0 aromatic heterocycles. The van der Waals surface area contributed by atoms with Crippen molar-refractivity contribution < 1.29 is 24.0 Å². The van der Waals surface area contributed by atoms with Gasteiger partial charge in [0.1, 0.15) is 6.04 Å². The zero-order valence-corrected chi connectivity index (χ0v) is 15.4.